The summed E-state index contributed by atoms with van der Waals surface area (Å²) in [4.78, 5) is 5.54. The first kappa shape index (κ1) is 28.2. The minimum atomic E-state index is 0.628. The summed E-state index contributed by atoms with van der Waals surface area (Å²) in [6, 6.07) is 21.1. The van der Waals surface area contributed by atoms with E-state index in [0.29, 0.717) is 17.8 Å². The zero-order chi connectivity index (χ0) is 33.7. The minimum Gasteiger partial charge on any atom is -0.456 e. The summed E-state index contributed by atoms with van der Waals surface area (Å²) in [6.07, 6.45) is 16.2. The fraction of sp³-hybridized carbons (Fsp3) is 0.408. The van der Waals surface area contributed by atoms with E-state index in [1.54, 1.807) is 22.1 Å². The maximum absolute atomic E-state index is 6.54. The molecule has 52 heavy (non-hydrogen) atoms. The number of nitrogens with zero attached hydrogens (tertiary/aromatic N) is 2. The molecule has 256 valence electrons. The summed E-state index contributed by atoms with van der Waals surface area (Å²) in [7, 11) is 0. The molecular weight excluding hydrogens is 633 g/mol. The monoisotopic (exact) mass is 676 g/mol. The zero-order valence-electron chi connectivity index (χ0n) is 30.3. The Balaban J connectivity index is 1.18. The summed E-state index contributed by atoms with van der Waals surface area (Å²) in [5.74, 6) is 6.21. The number of aromatic nitrogens is 2. The van der Waals surface area contributed by atoms with Gasteiger partial charge < -0.3 is 8.82 Å². The highest BCUT2D eigenvalue weighted by molar-refractivity contribution is 6.27. The zero-order valence-corrected chi connectivity index (χ0v) is 30.3. The summed E-state index contributed by atoms with van der Waals surface area (Å²) in [5.41, 5.74) is 18.3. The van der Waals surface area contributed by atoms with Gasteiger partial charge in [-0.25, -0.2) is 0 Å². The molecule has 0 aliphatic heterocycles. The molecule has 4 heterocycles. The van der Waals surface area contributed by atoms with Crippen LogP contribution in [0.4, 0.5) is 0 Å². The van der Waals surface area contributed by atoms with Gasteiger partial charge in [0.2, 0.25) is 0 Å². The Kier molecular flexibility index (Phi) is 5.09. The lowest BCUT2D eigenvalue weighted by atomic mass is 9.67. The van der Waals surface area contributed by atoms with Crippen molar-refractivity contribution < 1.29 is 4.42 Å². The average molecular weight is 677 g/mol. The molecule has 8 aliphatic carbocycles. The van der Waals surface area contributed by atoms with Crippen molar-refractivity contribution in [2.45, 2.75) is 102 Å². The first-order valence-electron chi connectivity index (χ1n) is 20.6. The Morgan fingerprint density at radius 1 is 0.577 bits per heavy atom. The van der Waals surface area contributed by atoms with E-state index in [4.69, 9.17) is 9.40 Å². The molecule has 4 saturated carbocycles. The van der Waals surface area contributed by atoms with Crippen LogP contribution in [0, 0.1) is 37.5 Å². The van der Waals surface area contributed by atoms with Crippen LogP contribution < -0.4 is 0 Å². The highest BCUT2D eigenvalue weighted by Crippen LogP contribution is 2.61. The van der Waals surface area contributed by atoms with Crippen molar-refractivity contribution in [1.82, 2.24) is 9.38 Å². The van der Waals surface area contributed by atoms with E-state index in [1.807, 2.05) is 0 Å². The fourth-order valence-electron chi connectivity index (χ4n) is 14.6. The van der Waals surface area contributed by atoms with E-state index in [2.05, 4.69) is 79.0 Å². The topological polar surface area (TPSA) is 30.4 Å². The summed E-state index contributed by atoms with van der Waals surface area (Å²) >= 11 is 0. The van der Waals surface area contributed by atoms with Crippen LogP contribution in [-0.4, -0.2) is 9.38 Å². The molecule has 0 spiro atoms. The van der Waals surface area contributed by atoms with Gasteiger partial charge in [0, 0.05) is 43.9 Å². The second kappa shape index (κ2) is 9.40. The van der Waals surface area contributed by atoms with Crippen LogP contribution in [-0.2, 0) is 0 Å². The molecule has 4 aromatic carbocycles. The molecule has 8 bridgehead atoms. The molecule has 4 fully saturated rings. The van der Waals surface area contributed by atoms with Crippen molar-refractivity contribution in [2.75, 3.05) is 0 Å². The summed E-state index contributed by atoms with van der Waals surface area (Å²) < 4.78 is 9.27. The molecule has 8 aromatic rings. The first-order valence-corrected chi connectivity index (χ1v) is 20.6. The summed E-state index contributed by atoms with van der Waals surface area (Å²) in [5, 5.41) is 8.54. The SMILES string of the molecule is Cc1ccc2oc3ccccc3c2c1-c1cc2c3c4c(ncc3n3c5c(C)cc6c(c5c(c1)c23)C1CC2CC(CC6C2)C1)C1CC2CC(C1)CC4C2. The third-order valence-corrected chi connectivity index (χ3v) is 16.0. The molecular formula is C49H44N2O. The van der Waals surface area contributed by atoms with Gasteiger partial charge in [-0.2, -0.15) is 0 Å². The van der Waals surface area contributed by atoms with Gasteiger partial charge in [-0.1, -0.05) is 30.3 Å². The molecule has 16 rings (SSSR count). The van der Waals surface area contributed by atoms with Crippen molar-refractivity contribution in [3.63, 3.8) is 0 Å². The van der Waals surface area contributed by atoms with Crippen molar-refractivity contribution in [1.29, 1.82) is 0 Å². The third-order valence-electron chi connectivity index (χ3n) is 16.0. The third kappa shape index (κ3) is 3.35. The molecule has 3 nitrogen and oxygen atoms in total. The van der Waals surface area contributed by atoms with E-state index in [9.17, 15) is 0 Å². The van der Waals surface area contributed by atoms with Crippen LogP contribution in [0.3, 0.4) is 0 Å². The number of pyridine rings is 1. The van der Waals surface area contributed by atoms with Gasteiger partial charge in [-0.15, -0.1) is 0 Å². The van der Waals surface area contributed by atoms with Gasteiger partial charge >= 0.3 is 0 Å². The van der Waals surface area contributed by atoms with E-state index < -0.39 is 0 Å². The fourth-order valence-corrected chi connectivity index (χ4v) is 14.6. The molecule has 0 saturated heterocycles. The molecule has 4 unspecified atom stereocenters. The molecule has 4 atom stereocenters. The van der Waals surface area contributed by atoms with Crippen molar-refractivity contribution >= 4 is 60.0 Å². The number of fused-ring (bicyclic) bond motifs is 9. The Bertz CT molecular complexity index is 2880. The molecule has 0 amide bonds. The second-order valence-corrected chi connectivity index (χ2v) is 18.8. The van der Waals surface area contributed by atoms with E-state index in [0.717, 1.165) is 40.8 Å². The van der Waals surface area contributed by atoms with Crippen LogP contribution >= 0.6 is 0 Å². The number of furan rings is 1. The quantitative estimate of drug-likeness (QED) is 0.173. The van der Waals surface area contributed by atoms with Crippen LogP contribution in [0.15, 0.2) is 65.2 Å². The number of rotatable bonds is 1. The van der Waals surface area contributed by atoms with Crippen molar-refractivity contribution in [2.24, 2.45) is 23.7 Å². The van der Waals surface area contributed by atoms with Crippen LogP contribution in [0.5, 0.6) is 0 Å². The van der Waals surface area contributed by atoms with Gasteiger partial charge in [0.15, 0.2) is 0 Å². The highest BCUT2D eigenvalue weighted by atomic mass is 16.3. The van der Waals surface area contributed by atoms with E-state index >= 15 is 0 Å². The average Bonchev–Trinajstić information content (AvgIpc) is 3.71. The van der Waals surface area contributed by atoms with Gasteiger partial charge in [0.05, 0.1) is 22.7 Å². The van der Waals surface area contributed by atoms with Crippen molar-refractivity contribution in [3.8, 4) is 11.1 Å². The molecule has 0 N–H and O–H groups in total. The standard InChI is InChI=1S/C49H44N2O/c1-23-7-8-40-45(34-5-3-4-6-39(34)52-40)41(23)32-20-36-44-38(22-50-47-33-18-27-11-28(19-33)17-31(16-27)43(44)47)51-48-24(2)9-35-29-12-25-10-26(13-29)15-30(14-25)42(35)46(48)37(21-32)49(36)51/h3-9,20-22,25-31,33H,10-19H2,1-2H3. The molecule has 0 radical (unpaired) electrons. The number of benzene rings is 4. The summed E-state index contributed by atoms with van der Waals surface area (Å²) in [6.45, 7) is 4.74. The van der Waals surface area contributed by atoms with Gasteiger partial charge in [-0.05, 0) is 183 Å². The number of hydrogen-bond donors (Lipinski definition) is 0. The Hall–Kier alpha value is -4.37. The van der Waals surface area contributed by atoms with Gasteiger partial charge in [0.25, 0.3) is 0 Å². The molecule has 3 heteroatoms. The van der Waals surface area contributed by atoms with E-state index in [1.165, 1.54) is 136 Å². The highest BCUT2D eigenvalue weighted by Gasteiger charge is 2.46. The lowest BCUT2D eigenvalue weighted by Crippen LogP contribution is -2.25. The van der Waals surface area contributed by atoms with E-state index in [-0.39, 0.29) is 0 Å². The second-order valence-electron chi connectivity index (χ2n) is 18.8. The predicted molar refractivity (Wildman–Crippen MR) is 212 cm³/mol. The van der Waals surface area contributed by atoms with Gasteiger partial charge in [0.1, 0.15) is 11.2 Å². The van der Waals surface area contributed by atoms with Crippen molar-refractivity contribution in [3.05, 3.63) is 94.3 Å². The largest absolute Gasteiger partial charge is 0.456 e. The Labute approximate surface area is 303 Å². The maximum atomic E-state index is 6.54. The maximum Gasteiger partial charge on any atom is 0.136 e. The van der Waals surface area contributed by atoms with Crippen LogP contribution in [0.2, 0.25) is 0 Å². The lowest BCUT2D eigenvalue weighted by Gasteiger charge is -2.38. The lowest BCUT2D eigenvalue weighted by molar-refractivity contribution is 0.165. The number of para-hydroxylation sites is 1. The van der Waals surface area contributed by atoms with Crippen LogP contribution in [0.1, 0.15) is 121 Å². The van der Waals surface area contributed by atoms with Crippen LogP contribution in [0.25, 0.3) is 71.2 Å². The predicted octanol–water partition coefficient (Wildman–Crippen LogP) is 13.2. The Morgan fingerprint density at radius 2 is 1.25 bits per heavy atom. The smallest absolute Gasteiger partial charge is 0.136 e. The minimum absolute atomic E-state index is 0.628. The first-order chi connectivity index (χ1) is 25.5. The molecule has 8 aliphatic rings. The number of aryl methyl sites for hydroxylation is 2. The Morgan fingerprint density at radius 3 is 2.02 bits per heavy atom. The number of hydrogen-bond acceptors (Lipinski definition) is 2. The molecule has 4 aromatic heterocycles. The normalized spacial score (nSPS) is 30.1. The van der Waals surface area contributed by atoms with Gasteiger partial charge in [-0.3, -0.25) is 4.98 Å².